The number of ether oxygens (including phenoxy) is 1. The lowest BCUT2D eigenvalue weighted by atomic mass is 10.0. The van der Waals surface area contributed by atoms with Crippen molar-refractivity contribution in [3.63, 3.8) is 0 Å². The standard InChI is InChI=1S/C25H27BrN2O4S/c1-17-14-22(12-13-24(17)32-3)33(30,31)28-23(15-19-8-5-4-6-9-19)25(29)27-18(2)20-10-7-11-21(26)16-20/h4-14,16,18,23,28H,15H2,1-3H3,(H,27,29). The molecule has 6 nitrogen and oxygen atoms in total. The number of carbonyl (C=O) groups is 1. The predicted molar refractivity (Wildman–Crippen MR) is 133 cm³/mol. The molecule has 0 fully saturated rings. The van der Waals surface area contributed by atoms with Crippen LogP contribution in [-0.2, 0) is 21.2 Å². The van der Waals surface area contributed by atoms with Crippen molar-refractivity contribution in [3.8, 4) is 5.75 Å². The number of rotatable bonds is 9. The average molecular weight is 531 g/mol. The van der Waals surface area contributed by atoms with Gasteiger partial charge in [-0.3, -0.25) is 4.79 Å². The van der Waals surface area contributed by atoms with Gasteiger partial charge in [-0.2, -0.15) is 4.72 Å². The normalized spacial score (nSPS) is 13.2. The van der Waals surface area contributed by atoms with Crippen LogP contribution in [0.3, 0.4) is 0 Å². The summed E-state index contributed by atoms with van der Waals surface area (Å²) in [5.41, 5.74) is 2.44. The zero-order valence-corrected chi connectivity index (χ0v) is 21.1. The van der Waals surface area contributed by atoms with Gasteiger partial charge in [0.1, 0.15) is 11.8 Å². The van der Waals surface area contributed by atoms with Gasteiger partial charge in [-0.05, 0) is 67.3 Å². The Kier molecular flexibility index (Phi) is 8.29. The van der Waals surface area contributed by atoms with Crippen molar-refractivity contribution in [1.82, 2.24) is 10.0 Å². The number of amides is 1. The van der Waals surface area contributed by atoms with E-state index in [4.69, 9.17) is 4.74 Å². The minimum atomic E-state index is -3.95. The molecule has 0 aliphatic carbocycles. The van der Waals surface area contributed by atoms with Crippen LogP contribution in [0.5, 0.6) is 5.75 Å². The Morgan fingerprint density at radius 1 is 1.03 bits per heavy atom. The second kappa shape index (κ2) is 11.0. The van der Waals surface area contributed by atoms with Crippen molar-refractivity contribution in [1.29, 1.82) is 0 Å². The summed E-state index contributed by atoms with van der Waals surface area (Å²) >= 11 is 3.44. The van der Waals surface area contributed by atoms with E-state index in [1.165, 1.54) is 19.2 Å². The molecule has 3 aromatic rings. The molecule has 1 amide bonds. The van der Waals surface area contributed by atoms with E-state index in [-0.39, 0.29) is 17.4 Å². The van der Waals surface area contributed by atoms with Crippen molar-refractivity contribution in [3.05, 3.63) is 94.0 Å². The number of methoxy groups -OCH3 is 1. The minimum absolute atomic E-state index is 0.0756. The first-order valence-electron chi connectivity index (χ1n) is 10.5. The van der Waals surface area contributed by atoms with E-state index in [2.05, 4.69) is 26.0 Å². The van der Waals surface area contributed by atoms with Crippen molar-refractivity contribution < 1.29 is 17.9 Å². The molecule has 174 valence electrons. The molecular formula is C25H27BrN2O4S. The summed E-state index contributed by atoms with van der Waals surface area (Å²) in [6, 6.07) is 20.2. The smallest absolute Gasteiger partial charge is 0.241 e. The number of carbonyl (C=O) groups excluding carboxylic acids is 1. The molecule has 0 aliphatic rings. The molecule has 0 aromatic heterocycles. The van der Waals surface area contributed by atoms with Crippen molar-refractivity contribution in [2.75, 3.05) is 7.11 Å². The SMILES string of the molecule is COc1ccc(S(=O)(=O)NC(Cc2ccccc2)C(=O)NC(C)c2cccc(Br)c2)cc1C. The van der Waals surface area contributed by atoms with Crippen LogP contribution >= 0.6 is 15.9 Å². The first-order chi connectivity index (χ1) is 15.7. The van der Waals surface area contributed by atoms with Gasteiger partial charge in [0, 0.05) is 4.47 Å². The topological polar surface area (TPSA) is 84.5 Å². The van der Waals surface area contributed by atoms with Crippen LogP contribution in [0.15, 0.2) is 82.2 Å². The summed E-state index contributed by atoms with van der Waals surface area (Å²) in [5, 5.41) is 2.94. The maximum absolute atomic E-state index is 13.2. The molecule has 0 saturated carbocycles. The Morgan fingerprint density at radius 3 is 2.39 bits per heavy atom. The van der Waals surface area contributed by atoms with Crippen LogP contribution in [0.2, 0.25) is 0 Å². The van der Waals surface area contributed by atoms with E-state index in [1.54, 1.807) is 13.0 Å². The Balaban J connectivity index is 1.85. The minimum Gasteiger partial charge on any atom is -0.496 e. The van der Waals surface area contributed by atoms with Crippen LogP contribution in [0, 0.1) is 6.92 Å². The average Bonchev–Trinajstić information content (AvgIpc) is 2.79. The van der Waals surface area contributed by atoms with E-state index >= 15 is 0 Å². The summed E-state index contributed by atoms with van der Waals surface area (Å²) in [7, 11) is -2.42. The van der Waals surface area contributed by atoms with Crippen molar-refractivity contribution >= 4 is 31.9 Å². The van der Waals surface area contributed by atoms with Gasteiger partial charge >= 0.3 is 0 Å². The summed E-state index contributed by atoms with van der Waals surface area (Å²) in [6.45, 7) is 3.63. The Hall–Kier alpha value is -2.68. The van der Waals surface area contributed by atoms with Crippen LogP contribution in [0.25, 0.3) is 0 Å². The summed E-state index contributed by atoms with van der Waals surface area (Å²) in [6.07, 6.45) is 0.215. The number of benzene rings is 3. The van der Waals surface area contributed by atoms with E-state index in [0.717, 1.165) is 15.6 Å². The highest BCUT2D eigenvalue weighted by Crippen LogP contribution is 2.22. The molecule has 33 heavy (non-hydrogen) atoms. The van der Waals surface area contributed by atoms with E-state index in [1.807, 2.05) is 61.5 Å². The molecule has 2 unspecified atom stereocenters. The summed E-state index contributed by atoms with van der Waals surface area (Å²) in [5.74, 6) is 0.190. The highest BCUT2D eigenvalue weighted by Gasteiger charge is 2.27. The maximum atomic E-state index is 13.2. The quantitative estimate of drug-likeness (QED) is 0.425. The molecule has 3 aromatic carbocycles. The Bertz CT molecular complexity index is 1220. The molecular weight excluding hydrogens is 504 g/mol. The lowest BCUT2D eigenvalue weighted by Gasteiger charge is -2.22. The third-order valence-electron chi connectivity index (χ3n) is 5.28. The summed E-state index contributed by atoms with van der Waals surface area (Å²) < 4.78 is 35.0. The van der Waals surface area contributed by atoms with E-state index in [9.17, 15) is 13.2 Å². The van der Waals surface area contributed by atoms with Crippen molar-refractivity contribution in [2.45, 2.75) is 37.2 Å². The Morgan fingerprint density at radius 2 is 1.76 bits per heavy atom. The Labute approximate surface area is 203 Å². The number of hydrogen-bond donors (Lipinski definition) is 2. The molecule has 0 radical (unpaired) electrons. The second-order valence-corrected chi connectivity index (χ2v) is 10.4. The fourth-order valence-electron chi connectivity index (χ4n) is 3.48. The van der Waals surface area contributed by atoms with E-state index < -0.39 is 22.0 Å². The number of aryl methyl sites for hydroxylation is 1. The van der Waals surface area contributed by atoms with Gasteiger partial charge in [0.15, 0.2) is 0 Å². The van der Waals surface area contributed by atoms with Crippen molar-refractivity contribution in [2.24, 2.45) is 0 Å². The van der Waals surface area contributed by atoms with Gasteiger partial charge in [0.25, 0.3) is 0 Å². The fourth-order valence-corrected chi connectivity index (χ4v) is 5.18. The van der Waals surface area contributed by atoms with Crippen LogP contribution in [0.1, 0.15) is 29.7 Å². The third kappa shape index (κ3) is 6.66. The molecule has 0 spiro atoms. The number of nitrogens with one attached hydrogen (secondary N) is 2. The highest BCUT2D eigenvalue weighted by molar-refractivity contribution is 9.10. The predicted octanol–water partition coefficient (Wildman–Crippen LogP) is 4.53. The summed E-state index contributed by atoms with van der Waals surface area (Å²) in [4.78, 5) is 13.3. The fraction of sp³-hybridized carbons (Fsp3) is 0.240. The zero-order valence-electron chi connectivity index (χ0n) is 18.7. The maximum Gasteiger partial charge on any atom is 0.241 e. The van der Waals surface area contributed by atoms with E-state index in [0.29, 0.717) is 11.3 Å². The first kappa shape index (κ1) is 25.0. The highest BCUT2D eigenvalue weighted by atomic mass is 79.9. The second-order valence-electron chi connectivity index (χ2n) is 7.78. The number of halogens is 1. The largest absolute Gasteiger partial charge is 0.496 e. The van der Waals surface area contributed by atoms with Gasteiger partial charge in [-0.1, -0.05) is 58.4 Å². The lowest BCUT2D eigenvalue weighted by molar-refractivity contribution is -0.123. The third-order valence-corrected chi connectivity index (χ3v) is 7.24. The molecule has 0 aliphatic heterocycles. The monoisotopic (exact) mass is 530 g/mol. The van der Waals surface area contributed by atoms with Crippen LogP contribution in [0.4, 0.5) is 0 Å². The molecule has 2 N–H and O–H groups in total. The lowest BCUT2D eigenvalue weighted by Crippen LogP contribution is -2.48. The molecule has 0 bridgehead atoms. The van der Waals surface area contributed by atoms with Gasteiger partial charge in [0.05, 0.1) is 18.0 Å². The molecule has 0 saturated heterocycles. The van der Waals surface area contributed by atoms with Gasteiger partial charge in [0.2, 0.25) is 15.9 Å². The van der Waals surface area contributed by atoms with Gasteiger partial charge in [-0.25, -0.2) is 8.42 Å². The number of hydrogen-bond acceptors (Lipinski definition) is 4. The molecule has 8 heteroatoms. The molecule has 2 atom stereocenters. The van der Waals surface area contributed by atoms with Gasteiger partial charge < -0.3 is 10.1 Å². The molecule has 3 rings (SSSR count). The zero-order chi connectivity index (χ0) is 24.0. The number of sulfonamides is 1. The van der Waals surface area contributed by atoms with Crippen LogP contribution < -0.4 is 14.8 Å². The molecule has 0 heterocycles. The van der Waals surface area contributed by atoms with Gasteiger partial charge in [-0.15, -0.1) is 0 Å². The first-order valence-corrected chi connectivity index (χ1v) is 12.7. The van der Waals surface area contributed by atoms with Crippen LogP contribution in [-0.4, -0.2) is 27.5 Å².